The highest BCUT2D eigenvalue weighted by molar-refractivity contribution is 5.75. The molecule has 30 heavy (non-hydrogen) atoms. The maximum atomic E-state index is 12.8. The van der Waals surface area contributed by atoms with Crippen molar-refractivity contribution >= 4 is 5.97 Å². The average molecular weight is 423 g/mol. The van der Waals surface area contributed by atoms with Gasteiger partial charge in [-0.1, -0.05) is 50.6 Å². The number of nitrogens with one attached hydrogen (secondary N) is 1. The van der Waals surface area contributed by atoms with E-state index in [2.05, 4.69) is 5.32 Å². The summed E-state index contributed by atoms with van der Waals surface area (Å²) in [7, 11) is 1.36. The topological polar surface area (TPSA) is 47.6 Å². The third kappa shape index (κ3) is 6.76. The lowest BCUT2D eigenvalue weighted by atomic mass is 9.98. The fraction of sp³-hybridized carbons (Fsp3) is 0.435. The van der Waals surface area contributed by atoms with Crippen LogP contribution < -0.4 is 10.1 Å². The average Bonchev–Trinajstić information content (AvgIpc) is 2.75. The number of carbonyl (C=O) groups excluding carboxylic acids is 1. The number of methoxy groups -OCH3 is 1. The van der Waals surface area contributed by atoms with Gasteiger partial charge in [0.15, 0.2) is 0 Å². The van der Waals surface area contributed by atoms with E-state index in [1.807, 2.05) is 44.2 Å². The Bertz CT molecular complexity index is 779. The smallest absolute Gasteiger partial charge is 0.416 e. The van der Waals surface area contributed by atoms with E-state index in [9.17, 15) is 18.0 Å². The molecule has 7 heteroatoms. The Morgan fingerprint density at radius 3 is 2.23 bits per heavy atom. The fourth-order valence-corrected chi connectivity index (χ4v) is 3.10. The molecule has 164 valence electrons. The molecule has 0 amide bonds. The minimum atomic E-state index is -4.39. The largest absolute Gasteiger partial charge is 0.486 e. The molecule has 0 bridgehead atoms. The van der Waals surface area contributed by atoms with E-state index >= 15 is 0 Å². The number of benzene rings is 2. The maximum absolute atomic E-state index is 12.8. The lowest BCUT2D eigenvalue weighted by Gasteiger charge is -2.24. The first-order chi connectivity index (χ1) is 14.3. The van der Waals surface area contributed by atoms with Crippen molar-refractivity contribution in [3.63, 3.8) is 0 Å². The molecule has 0 radical (unpaired) electrons. The van der Waals surface area contributed by atoms with Crippen LogP contribution in [0, 0.1) is 5.92 Å². The van der Waals surface area contributed by atoms with Crippen molar-refractivity contribution in [2.75, 3.05) is 13.7 Å². The zero-order valence-corrected chi connectivity index (χ0v) is 17.4. The molecule has 0 fully saturated rings. The lowest BCUT2D eigenvalue weighted by Crippen LogP contribution is -2.43. The summed E-state index contributed by atoms with van der Waals surface area (Å²) in [6, 6.07) is 13.7. The van der Waals surface area contributed by atoms with Crippen molar-refractivity contribution in [3.05, 3.63) is 65.7 Å². The molecule has 2 aromatic carbocycles. The molecule has 3 atom stereocenters. The summed E-state index contributed by atoms with van der Waals surface area (Å²) < 4.78 is 49.3. The third-order valence-corrected chi connectivity index (χ3v) is 5.07. The van der Waals surface area contributed by atoms with Gasteiger partial charge in [-0.05, 0) is 42.3 Å². The Kier molecular flexibility index (Phi) is 8.72. The molecule has 0 aliphatic carbocycles. The minimum Gasteiger partial charge on any atom is -0.486 e. The van der Waals surface area contributed by atoms with Crippen molar-refractivity contribution in [1.29, 1.82) is 0 Å². The number of ether oxygens (including phenoxy) is 2. The van der Waals surface area contributed by atoms with Gasteiger partial charge >= 0.3 is 12.1 Å². The van der Waals surface area contributed by atoms with Crippen LogP contribution in [-0.4, -0.2) is 25.7 Å². The third-order valence-electron chi connectivity index (χ3n) is 5.07. The SMILES string of the molecule is CC[C@H](C)[C@H](NCCC(Oc1ccc(C(F)(F)F)cc1)c1ccccc1)C(=O)OC. The van der Waals surface area contributed by atoms with Crippen LogP contribution in [0.5, 0.6) is 5.75 Å². The molecule has 2 rings (SSSR count). The van der Waals surface area contributed by atoms with Crippen molar-refractivity contribution in [1.82, 2.24) is 5.32 Å². The molecule has 0 aromatic heterocycles. The summed E-state index contributed by atoms with van der Waals surface area (Å²) >= 11 is 0. The normalized spacial score (nSPS) is 14.6. The van der Waals surface area contributed by atoms with Crippen LogP contribution in [0.1, 0.15) is 43.9 Å². The monoisotopic (exact) mass is 423 g/mol. The molecule has 0 spiro atoms. The predicted molar refractivity (Wildman–Crippen MR) is 109 cm³/mol. The van der Waals surface area contributed by atoms with Gasteiger partial charge in [0, 0.05) is 6.42 Å². The summed E-state index contributed by atoms with van der Waals surface area (Å²) in [4.78, 5) is 12.1. The summed E-state index contributed by atoms with van der Waals surface area (Å²) in [5.74, 6) is 0.135. The fourth-order valence-electron chi connectivity index (χ4n) is 3.10. The first kappa shape index (κ1) is 23.7. The van der Waals surface area contributed by atoms with Crippen LogP contribution in [0.25, 0.3) is 0 Å². The molecule has 0 saturated carbocycles. The Labute approximate surface area is 175 Å². The van der Waals surface area contributed by atoms with Crippen LogP contribution in [0.4, 0.5) is 13.2 Å². The summed E-state index contributed by atoms with van der Waals surface area (Å²) in [6.07, 6.45) is -3.43. The number of hydrogen-bond acceptors (Lipinski definition) is 4. The Morgan fingerprint density at radius 1 is 1.07 bits per heavy atom. The molecule has 1 N–H and O–H groups in total. The molecule has 1 unspecified atom stereocenters. The second kappa shape index (κ2) is 11.0. The Balaban J connectivity index is 2.10. The van der Waals surface area contributed by atoms with Crippen LogP contribution in [-0.2, 0) is 15.7 Å². The summed E-state index contributed by atoms with van der Waals surface area (Å²) in [5, 5.41) is 3.23. The van der Waals surface area contributed by atoms with Crippen molar-refractivity contribution in [3.8, 4) is 5.75 Å². The second-order valence-corrected chi connectivity index (χ2v) is 7.17. The number of halogens is 3. The van der Waals surface area contributed by atoms with Gasteiger partial charge in [-0.15, -0.1) is 0 Å². The van der Waals surface area contributed by atoms with Crippen LogP contribution in [0.3, 0.4) is 0 Å². The number of rotatable bonds is 10. The molecular weight excluding hydrogens is 395 g/mol. The maximum Gasteiger partial charge on any atom is 0.416 e. The van der Waals surface area contributed by atoms with Gasteiger partial charge in [-0.25, -0.2) is 0 Å². The number of esters is 1. The first-order valence-corrected chi connectivity index (χ1v) is 9.96. The quantitative estimate of drug-likeness (QED) is 0.521. The van der Waals surface area contributed by atoms with E-state index in [-0.39, 0.29) is 18.0 Å². The van der Waals surface area contributed by atoms with Crippen LogP contribution in [0.15, 0.2) is 54.6 Å². The van der Waals surface area contributed by atoms with E-state index in [1.165, 1.54) is 19.2 Å². The van der Waals surface area contributed by atoms with Crippen molar-refractivity contribution in [2.45, 2.75) is 45.0 Å². The molecule has 0 saturated heterocycles. The van der Waals surface area contributed by atoms with Gasteiger partial charge < -0.3 is 14.8 Å². The highest BCUT2D eigenvalue weighted by atomic mass is 19.4. The van der Waals surface area contributed by atoms with Gasteiger partial charge in [0.1, 0.15) is 17.9 Å². The Morgan fingerprint density at radius 2 is 1.70 bits per heavy atom. The second-order valence-electron chi connectivity index (χ2n) is 7.17. The standard InChI is InChI=1S/C23H28F3NO3/c1-4-16(2)21(22(28)29-3)27-15-14-20(17-8-6-5-7-9-17)30-19-12-10-18(11-13-19)23(24,25)26/h5-13,16,20-21,27H,4,14-15H2,1-3H3/t16-,20?,21-/m0/s1. The van der Waals surface area contributed by atoms with Crippen molar-refractivity contribution < 1.29 is 27.4 Å². The van der Waals surface area contributed by atoms with E-state index in [4.69, 9.17) is 9.47 Å². The van der Waals surface area contributed by atoms with E-state index < -0.39 is 17.8 Å². The number of alkyl halides is 3. The van der Waals surface area contributed by atoms with Crippen LogP contribution in [0.2, 0.25) is 0 Å². The van der Waals surface area contributed by atoms with Gasteiger partial charge in [0.05, 0.1) is 12.7 Å². The van der Waals surface area contributed by atoms with Crippen molar-refractivity contribution in [2.24, 2.45) is 5.92 Å². The van der Waals surface area contributed by atoms with Gasteiger partial charge in [-0.3, -0.25) is 4.79 Å². The summed E-state index contributed by atoms with van der Waals surface area (Å²) in [5.41, 5.74) is 0.180. The number of carbonyl (C=O) groups is 1. The number of hydrogen-bond donors (Lipinski definition) is 1. The molecule has 4 nitrogen and oxygen atoms in total. The minimum absolute atomic E-state index is 0.100. The first-order valence-electron chi connectivity index (χ1n) is 9.96. The van der Waals surface area contributed by atoms with Crippen LogP contribution >= 0.6 is 0 Å². The van der Waals surface area contributed by atoms with E-state index in [1.54, 1.807) is 0 Å². The Hall–Kier alpha value is -2.54. The van der Waals surface area contributed by atoms with Gasteiger partial charge in [0.25, 0.3) is 0 Å². The molecule has 0 aliphatic heterocycles. The highest BCUT2D eigenvalue weighted by Gasteiger charge is 2.30. The van der Waals surface area contributed by atoms with E-state index in [0.29, 0.717) is 18.7 Å². The van der Waals surface area contributed by atoms with Gasteiger partial charge in [0.2, 0.25) is 0 Å². The van der Waals surface area contributed by atoms with Gasteiger partial charge in [-0.2, -0.15) is 13.2 Å². The molecule has 2 aromatic rings. The molecule has 0 aliphatic rings. The zero-order valence-electron chi connectivity index (χ0n) is 17.4. The zero-order chi connectivity index (χ0) is 22.1. The molecule has 0 heterocycles. The lowest BCUT2D eigenvalue weighted by molar-refractivity contribution is -0.144. The van der Waals surface area contributed by atoms with E-state index in [0.717, 1.165) is 24.1 Å². The highest BCUT2D eigenvalue weighted by Crippen LogP contribution is 2.32. The predicted octanol–water partition coefficient (Wildman–Crippen LogP) is 5.39. The summed E-state index contributed by atoms with van der Waals surface area (Å²) in [6.45, 7) is 4.45. The molecular formula is C23H28F3NO3.